The fraction of sp³-hybridized carbons (Fsp3) is 0.250. The molecule has 0 spiro atoms. The summed E-state index contributed by atoms with van der Waals surface area (Å²) in [6, 6.07) is 12.3. The van der Waals surface area contributed by atoms with Crippen molar-refractivity contribution in [3.63, 3.8) is 0 Å². The predicted molar refractivity (Wildman–Crippen MR) is 129 cm³/mol. The largest absolute Gasteiger partial charge is 0.459 e. The van der Waals surface area contributed by atoms with Crippen LogP contribution >= 0.6 is 22.9 Å². The van der Waals surface area contributed by atoms with Crippen molar-refractivity contribution in [3.8, 4) is 0 Å². The molecule has 0 atom stereocenters. The van der Waals surface area contributed by atoms with E-state index < -0.39 is 5.97 Å². The van der Waals surface area contributed by atoms with Gasteiger partial charge in [0.1, 0.15) is 6.61 Å². The number of ether oxygens (including phenoxy) is 1. The normalized spacial score (nSPS) is 10.5. The van der Waals surface area contributed by atoms with E-state index in [1.54, 1.807) is 34.5 Å². The number of carbonyl (C=O) groups is 3. The molecular formula is C24H24ClN3O4S. The van der Waals surface area contributed by atoms with E-state index in [4.69, 9.17) is 16.3 Å². The number of thiazole rings is 1. The smallest absolute Gasteiger partial charge is 0.307 e. The summed E-state index contributed by atoms with van der Waals surface area (Å²) in [5.41, 5.74) is 3.85. The second-order valence-corrected chi connectivity index (χ2v) is 8.71. The molecule has 3 aromatic rings. The van der Waals surface area contributed by atoms with Crippen LogP contribution in [0.5, 0.6) is 0 Å². The molecule has 9 heteroatoms. The zero-order valence-corrected chi connectivity index (χ0v) is 20.1. The van der Waals surface area contributed by atoms with E-state index >= 15 is 0 Å². The Balaban J connectivity index is 1.52. The number of nitrogens with one attached hydrogen (secondary N) is 1. The molecule has 0 fully saturated rings. The lowest BCUT2D eigenvalue weighted by Gasteiger charge is -2.20. The van der Waals surface area contributed by atoms with Gasteiger partial charge < -0.3 is 10.1 Å². The Kier molecular flexibility index (Phi) is 8.19. The van der Waals surface area contributed by atoms with Crippen molar-refractivity contribution in [2.24, 2.45) is 0 Å². The quantitative estimate of drug-likeness (QED) is 0.455. The predicted octanol–water partition coefficient (Wildman–Crippen LogP) is 4.96. The monoisotopic (exact) mass is 485 g/mol. The molecule has 2 aromatic carbocycles. The van der Waals surface area contributed by atoms with Crippen LogP contribution in [0.3, 0.4) is 0 Å². The maximum atomic E-state index is 12.3. The van der Waals surface area contributed by atoms with Crippen LogP contribution in [0, 0.1) is 13.8 Å². The fourth-order valence-electron chi connectivity index (χ4n) is 3.14. The van der Waals surface area contributed by atoms with Crippen LogP contribution in [0.25, 0.3) is 0 Å². The SMILES string of the molecule is CC(=O)N(c1nc(COC(=O)CCNC(=O)c2ccc(Cl)cc2)cs1)c1ccc(C)cc1C. The van der Waals surface area contributed by atoms with Crippen LogP contribution in [0.1, 0.15) is 40.5 Å². The lowest BCUT2D eigenvalue weighted by molar-refractivity contribution is -0.144. The van der Waals surface area contributed by atoms with Gasteiger partial charge in [-0.05, 0) is 49.7 Å². The molecule has 0 radical (unpaired) electrons. The third-order valence-corrected chi connectivity index (χ3v) is 5.87. The summed E-state index contributed by atoms with van der Waals surface area (Å²) in [5.74, 6) is -0.908. The molecule has 1 heterocycles. The molecule has 0 bridgehead atoms. The number of halogens is 1. The Morgan fingerprint density at radius 3 is 2.52 bits per heavy atom. The summed E-state index contributed by atoms with van der Waals surface area (Å²) in [6.07, 6.45) is 0.0262. The fourth-order valence-corrected chi connectivity index (χ4v) is 4.13. The Bertz CT molecular complexity index is 1160. The van der Waals surface area contributed by atoms with Crippen molar-refractivity contribution in [1.82, 2.24) is 10.3 Å². The first-order valence-corrected chi connectivity index (χ1v) is 11.5. The molecule has 1 N–H and O–H groups in total. The highest BCUT2D eigenvalue weighted by Gasteiger charge is 2.20. The minimum atomic E-state index is -0.459. The van der Waals surface area contributed by atoms with Crippen LogP contribution in [0.15, 0.2) is 47.8 Å². The number of hydrogen-bond donors (Lipinski definition) is 1. The Labute approximate surface area is 201 Å². The standard InChI is InChI=1S/C24H24ClN3O4S/c1-15-4-9-21(16(2)12-15)28(17(3)29)24-27-20(14-33-24)13-32-22(30)10-11-26-23(31)18-5-7-19(25)8-6-18/h4-9,12,14H,10-11,13H2,1-3H3,(H,26,31). The van der Waals surface area contributed by atoms with E-state index in [1.165, 1.54) is 18.3 Å². The van der Waals surface area contributed by atoms with Crippen LogP contribution in [0.4, 0.5) is 10.8 Å². The third-order valence-electron chi connectivity index (χ3n) is 4.74. The lowest BCUT2D eigenvalue weighted by atomic mass is 10.1. The number of nitrogens with zero attached hydrogens (tertiary/aromatic N) is 2. The molecule has 33 heavy (non-hydrogen) atoms. The number of carbonyl (C=O) groups excluding carboxylic acids is 3. The van der Waals surface area contributed by atoms with Gasteiger partial charge >= 0.3 is 5.97 Å². The van der Waals surface area contributed by atoms with Gasteiger partial charge in [0.15, 0.2) is 5.13 Å². The van der Waals surface area contributed by atoms with Gasteiger partial charge in [-0.25, -0.2) is 4.98 Å². The van der Waals surface area contributed by atoms with Crippen molar-refractivity contribution >= 4 is 51.5 Å². The number of aromatic nitrogens is 1. The molecule has 0 saturated carbocycles. The van der Waals surface area contributed by atoms with Gasteiger partial charge in [0.25, 0.3) is 5.91 Å². The van der Waals surface area contributed by atoms with Gasteiger partial charge in [0.05, 0.1) is 17.8 Å². The minimum Gasteiger partial charge on any atom is -0.459 e. The van der Waals surface area contributed by atoms with E-state index in [0.29, 0.717) is 21.4 Å². The van der Waals surface area contributed by atoms with Crippen molar-refractivity contribution in [2.45, 2.75) is 33.8 Å². The van der Waals surface area contributed by atoms with Crippen molar-refractivity contribution in [3.05, 3.63) is 75.3 Å². The van der Waals surface area contributed by atoms with Crippen LogP contribution < -0.4 is 10.2 Å². The number of esters is 1. The van der Waals surface area contributed by atoms with E-state index in [9.17, 15) is 14.4 Å². The van der Waals surface area contributed by atoms with Gasteiger partial charge in [-0.2, -0.15) is 0 Å². The van der Waals surface area contributed by atoms with Gasteiger partial charge in [-0.3, -0.25) is 19.3 Å². The number of aryl methyl sites for hydroxylation is 2. The van der Waals surface area contributed by atoms with Crippen molar-refractivity contribution < 1.29 is 19.1 Å². The summed E-state index contributed by atoms with van der Waals surface area (Å²) in [6.45, 7) is 5.55. The van der Waals surface area contributed by atoms with E-state index in [2.05, 4.69) is 10.3 Å². The molecule has 0 saturated heterocycles. The highest BCUT2D eigenvalue weighted by molar-refractivity contribution is 7.14. The lowest BCUT2D eigenvalue weighted by Crippen LogP contribution is -2.26. The third kappa shape index (κ3) is 6.63. The first-order chi connectivity index (χ1) is 15.7. The number of rotatable bonds is 8. The first kappa shape index (κ1) is 24.4. The molecule has 0 aliphatic heterocycles. The first-order valence-electron chi connectivity index (χ1n) is 10.3. The van der Waals surface area contributed by atoms with Crippen molar-refractivity contribution in [2.75, 3.05) is 11.4 Å². The maximum Gasteiger partial charge on any atom is 0.307 e. The van der Waals surface area contributed by atoms with Crippen LogP contribution in [-0.2, 0) is 20.9 Å². The highest BCUT2D eigenvalue weighted by Crippen LogP contribution is 2.31. The van der Waals surface area contributed by atoms with Gasteiger partial charge in [-0.1, -0.05) is 29.3 Å². The molecule has 7 nitrogen and oxygen atoms in total. The molecule has 172 valence electrons. The molecule has 1 aromatic heterocycles. The second kappa shape index (κ2) is 11.1. The summed E-state index contributed by atoms with van der Waals surface area (Å²) < 4.78 is 5.26. The average Bonchev–Trinajstić information content (AvgIpc) is 3.22. The molecule has 3 rings (SSSR count). The van der Waals surface area contributed by atoms with E-state index in [1.807, 2.05) is 32.0 Å². The van der Waals surface area contributed by atoms with E-state index in [-0.39, 0.29) is 31.4 Å². The minimum absolute atomic E-state index is 0.0148. The Hall–Kier alpha value is -3.23. The van der Waals surface area contributed by atoms with Gasteiger partial charge in [-0.15, -0.1) is 11.3 Å². The van der Waals surface area contributed by atoms with E-state index in [0.717, 1.165) is 16.8 Å². The zero-order chi connectivity index (χ0) is 24.0. The van der Waals surface area contributed by atoms with Gasteiger partial charge in [0.2, 0.25) is 5.91 Å². The van der Waals surface area contributed by atoms with Crippen LogP contribution in [-0.4, -0.2) is 29.3 Å². The Morgan fingerprint density at radius 2 is 1.85 bits per heavy atom. The summed E-state index contributed by atoms with van der Waals surface area (Å²) >= 11 is 7.11. The number of anilines is 2. The summed E-state index contributed by atoms with van der Waals surface area (Å²) in [4.78, 5) is 42.4. The highest BCUT2D eigenvalue weighted by atomic mass is 35.5. The second-order valence-electron chi connectivity index (χ2n) is 7.44. The molecule has 0 aliphatic carbocycles. The number of hydrogen-bond acceptors (Lipinski definition) is 6. The zero-order valence-electron chi connectivity index (χ0n) is 18.6. The average molecular weight is 486 g/mol. The molecular weight excluding hydrogens is 462 g/mol. The summed E-state index contributed by atoms with van der Waals surface area (Å²) in [5, 5.41) is 5.47. The van der Waals surface area contributed by atoms with Crippen molar-refractivity contribution in [1.29, 1.82) is 0 Å². The maximum absolute atomic E-state index is 12.3. The molecule has 0 aliphatic rings. The molecule has 0 unspecified atom stereocenters. The Morgan fingerprint density at radius 1 is 1.12 bits per heavy atom. The summed E-state index contributed by atoms with van der Waals surface area (Å²) in [7, 11) is 0. The number of amides is 2. The van der Waals surface area contributed by atoms with Crippen LogP contribution in [0.2, 0.25) is 5.02 Å². The topological polar surface area (TPSA) is 88.6 Å². The molecule has 2 amide bonds. The van der Waals surface area contributed by atoms with Gasteiger partial charge in [0, 0.05) is 29.4 Å². The number of benzene rings is 2.